The number of para-hydroxylation sites is 1. The summed E-state index contributed by atoms with van der Waals surface area (Å²) >= 11 is 0.999. The molecule has 0 bridgehead atoms. The van der Waals surface area contributed by atoms with Crippen molar-refractivity contribution in [3.05, 3.63) is 48.1 Å². The minimum atomic E-state index is -1.11. The molecule has 9 heteroatoms. The van der Waals surface area contributed by atoms with Gasteiger partial charge >= 0.3 is 5.97 Å². The van der Waals surface area contributed by atoms with Crippen LogP contribution in [0.2, 0.25) is 0 Å². The Morgan fingerprint density at radius 2 is 2.03 bits per heavy atom. The summed E-state index contributed by atoms with van der Waals surface area (Å²) in [6, 6.07) is 6.87. The maximum absolute atomic E-state index is 12.1. The fourth-order valence-corrected chi connectivity index (χ4v) is 4.08. The lowest BCUT2D eigenvalue weighted by molar-refractivity contribution is -0.137. The Labute approximate surface area is 168 Å². The molecule has 0 fully saturated rings. The summed E-state index contributed by atoms with van der Waals surface area (Å²) in [5.74, 6) is -2.02. The van der Waals surface area contributed by atoms with Gasteiger partial charge in [0.2, 0.25) is 22.7 Å². The molecule has 3 N–H and O–H groups in total. The molecule has 4 rings (SSSR count). The van der Waals surface area contributed by atoms with Crippen molar-refractivity contribution in [1.29, 1.82) is 0 Å². The number of aliphatic carboxylic acids is 1. The highest BCUT2D eigenvalue weighted by Gasteiger charge is 2.25. The Hall–Kier alpha value is -3.72. The molecule has 3 aromatic rings. The molecule has 0 radical (unpaired) electrons. The van der Waals surface area contributed by atoms with Gasteiger partial charge in [0.25, 0.3) is 0 Å². The molecule has 29 heavy (non-hydrogen) atoms. The van der Waals surface area contributed by atoms with Crippen molar-refractivity contribution < 1.29 is 24.9 Å². The zero-order valence-corrected chi connectivity index (χ0v) is 16.0. The van der Waals surface area contributed by atoms with Crippen molar-refractivity contribution in [3.63, 3.8) is 0 Å². The average Bonchev–Trinajstić information content (AvgIpc) is 3.15. The Morgan fingerprint density at radius 3 is 2.76 bits per heavy atom. The van der Waals surface area contributed by atoms with Crippen LogP contribution in [-0.4, -0.2) is 42.3 Å². The van der Waals surface area contributed by atoms with Crippen LogP contribution in [0.1, 0.15) is 6.92 Å². The van der Waals surface area contributed by atoms with Gasteiger partial charge in [0.1, 0.15) is 17.1 Å². The predicted molar refractivity (Wildman–Crippen MR) is 109 cm³/mol. The molecule has 1 aromatic carbocycles. The van der Waals surface area contributed by atoms with Gasteiger partial charge in [-0.1, -0.05) is 41.7 Å². The lowest BCUT2D eigenvalue weighted by atomic mass is 10.0. The SMILES string of the molecule is CC1=CC=CC(=O)/C1=N\c1nc(O)c(-c2c(O)n(CC(=O)O)c3ccccc23)s1. The van der Waals surface area contributed by atoms with Crippen LogP contribution in [0.15, 0.2) is 53.1 Å². The number of thiazole rings is 1. The summed E-state index contributed by atoms with van der Waals surface area (Å²) in [6.45, 7) is 1.31. The number of carbonyl (C=O) groups is 2. The molecule has 1 aliphatic rings. The Bertz CT molecular complexity index is 1260. The van der Waals surface area contributed by atoms with Crippen molar-refractivity contribution in [2.75, 3.05) is 0 Å². The second-order valence-electron chi connectivity index (χ2n) is 6.38. The summed E-state index contributed by atoms with van der Waals surface area (Å²) < 4.78 is 1.25. The number of ketones is 1. The molecule has 0 unspecified atom stereocenters. The lowest BCUT2D eigenvalue weighted by Crippen LogP contribution is -2.14. The number of benzene rings is 1. The van der Waals surface area contributed by atoms with Gasteiger partial charge in [0, 0.05) is 5.39 Å². The van der Waals surface area contributed by atoms with E-state index in [9.17, 15) is 19.8 Å². The number of rotatable bonds is 4. The van der Waals surface area contributed by atoms with Gasteiger partial charge in [-0.15, -0.1) is 0 Å². The van der Waals surface area contributed by atoms with Crippen molar-refractivity contribution in [2.24, 2.45) is 4.99 Å². The van der Waals surface area contributed by atoms with Crippen molar-refractivity contribution in [1.82, 2.24) is 9.55 Å². The summed E-state index contributed by atoms with van der Waals surface area (Å²) in [5.41, 5.74) is 1.68. The fraction of sp³-hybridized carbons (Fsp3) is 0.100. The number of carbonyl (C=O) groups excluding carboxylic acids is 1. The van der Waals surface area contributed by atoms with Crippen LogP contribution >= 0.6 is 11.3 Å². The van der Waals surface area contributed by atoms with Crippen molar-refractivity contribution >= 4 is 44.8 Å². The molecule has 2 aromatic heterocycles. The maximum atomic E-state index is 12.1. The molecule has 8 nitrogen and oxygen atoms in total. The van der Waals surface area contributed by atoms with Crippen LogP contribution < -0.4 is 0 Å². The number of hydrogen-bond donors (Lipinski definition) is 3. The van der Waals surface area contributed by atoms with Gasteiger partial charge in [-0.25, -0.2) is 4.99 Å². The van der Waals surface area contributed by atoms with Crippen LogP contribution in [0.3, 0.4) is 0 Å². The van der Waals surface area contributed by atoms with E-state index in [1.54, 1.807) is 43.3 Å². The molecular weight excluding hydrogens is 394 g/mol. The minimum absolute atomic E-state index is 0.151. The van der Waals surface area contributed by atoms with Crippen LogP contribution in [0.4, 0.5) is 5.13 Å². The zero-order valence-electron chi connectivity index (χ0n) is 15.2. The van der Waals surface area contributed by atoms with Crippen LogP contribution in [-0.2, 0) is 16.1 Å². The Balaban J connectivity index is 1.87. The predicted octanol–water partition coefficient (Wildman–Crippen LogP) is 3.42. The van der Waals surface area contributed by atoms with E-state index in [4.69, 9.17) is 5.11 Å². The highest BCUT2D eigenvalue weighted by Crippen LogP contribution is 2.47. The number of aliphatic imine (C=N–C) groups is 1. The lowest BCUT2D eigenvalue weighted by Gasteiger charge is -2.04. The minimum Gasteiger partial charge on any atom is -0.494 e. The largest absolute Gasteiger partial charge is 0.494 e. The second kappa shape index (κ2) is 7.02. The number of aromatic hydroxyl groups is 2. The molecule has 0 aliphatic heterocycles. The molecule has 1 aliphatic carbocycles. The van der Waals surface area contributed by atoms with Gasteiger partial charge in [-0.05, 0) is 24.6 Å². The number of nitrogens with zero attached hydrogens (tertiary/aromatic N) is 3. The Morgan fingerprint density at radius 1 is 1.28 bits per heavy atom. The monoisotopic (exact) mass is 409 g/mol. The summed E-state index contributed by atoms with van der Waals surface area (Å²) in [6.07, 6.45) is 4.78. The molecule has 146 valence electrons. The summed E-state index contributed by atoms with van der Waals surface area (Å²) in [4.78, 5) is 31.8. The second-order valence-corrected chi connectivity index (χ2v) is 7.36. The van der Waals surface area contributed by atoms with E-state index >= 15 is 0 Å². The van der Waals surface area contributed by atoms with E-state index in [0.717, 1.165) is 11.3 Å². The van der Waals surface area contributed by atoms with E-state index in [1.165, 1.54) is 10.6 Å². The quantitative estimate of drug-likeness (QED) is 0.567. The molecule has 0 spiro atoms. The topological polar surface area (TPSA) is 125 Å². The van der Waals surface area contributed by atoms with Crippen LogP contribution in [0.5, 0.6) is 11.8 Å². The zero-order chi connectivity index (χ0) is 20.7. The van der Waals surface area contributed by atoms with E-state index in [2.05, 4.69) is 9.98 Å². The van der Waals surface area contributed by atoms with Gasteiger partial charge < -0.3 is 19.9 Å². The summed E-state index contributed by atoms with van der Waals surface area (Å²) in [7, 11) is 0. The normalized spacial score (nSPS) is 15.3. The fourth-order valence-electron chi connectivity index (χ4n) is 3.19. The van der Waals surface area contributed by atoms with Gasteiger partial charge in [-0.3, -0.25) is 9.59 Å². The first-order valence-corrected chi connectivity index (χ1v) is 9.39. The average molecular weight is 409 g/mol. The molecule has 0 atom stereocenters. The highest BCUT2D eigenvalue weighted by atomic mass is 32.1. The molecular formula is C20H15N3O5S. The Kier molecular flexibility index (Phi) is 4.51. The van der Waals surface area contributed by atoms with E-state index in [-0.39, 0.29) is 38.8 Å². The molecule has 0 saturated carbocycles. The summed E-state index contributed by atoms with van der Waals surface area (Å²) in [5, 5.41) is 31.0. The maximum Gasteiger partial charge on any atom is 0.323 e. The van der Waals surface area contributed by atoms with E-state index < -0.39 is 12.5 Å². The standard InChI is InChI=1S/C20H15N3O5S/c1-10-5-4-8-13(24)16(10)21-20-22-18(27)17(29-20)15-11-6-2-3-7-12(11)23(19(15)28)9-14(25)26/h2-8,27-28H,9H2,1H3,(H,25,26)/b21-16-. The molecule has 2 heterocycles. The number of fused-ring (bicyclic) bond motifs is 1. The van der Waals surface area contributed by atoms with Crippen molar-refractivity contribution in [2.45, 2.75) is 13.5 Å². The third-order valence-corrected chi connectivity index (χ3v) is 5.43. The third kappa shape index (κ3) is 3.21. The van der Waals surface area contributed by atoms with E-state index in [0.29, 0.717) is 16.5 Å². The number of carboxylic acid groups (broad SMARTS) is 1. The van der Waals surface area contributed by atoms with Crippen LogP contribution in [0, 0.1) is 0 Å². The van der Waals surface area contributed by atoms with E-state index in [1.807, 2.05) is 0 Å². The number of aromatic nitrogens is 2. The number of hydrogen-bond acceptors (Lipinski definition) is 7. The number of carboxylic acids is 1. The number of allylic oxidation sites excluding steroid dienone is 4. The molecule has 0 saturated heterocycles. The van der Waals surface area contributed by atoms with Gasteiger partial charge in [-0.2, -0.15) is 4.98 Å². The third-order valence-electron chi connectivity index (χ3n) is 4.47. The van der Waals surface area contributed by atoms with Gasteiger partial charge in [0.05, 0.1) is 11.1 Å². The van der Waals surface area contributed by atoms with Crippen molar-refractivity contribution in [3.8, 4) is 22.2 Å². The first-order valence-electron chi connectivity index (χ1n) is 8.57. The van der Waals surface area contributed by atoms with Crippen LogP contribution in [0.25, 0.3) is 21.3 Å². The van der Waals surface area contributed by atoms with Gasteiger partial charge in [0.15, 0.2) is 0 Å². The first kappa shape index (κ1) is 18.6. The highest BCUT2D eigenvalue weighted by molar-refractivity contribution is 7.19. The first-order chi connectivity index (χ1) is 13.9. The smallest absolute Gasteiger partial charge is 0.323 e. The molecule has 0 amide bonds.